The maximum Gasteiger partial charge on any atom is 0.191 e. The predicted octanol–water partition coefficient (Wildman–Crippen LogP) is 3.41. The van der Waals surface area contributed by atoms with E-state index in [1.165, 1.54) is 25.0 Å². The van der Waals surface area contributed by atoms with E-state index >= 15 is 0 Å². The van der Waals surface area contributed by atoms with Gasteiger partial charge in [-0.1, -0.05) is 25.5 Å². The maximum atomic E-state index is 5.35. The van der Waals surface area contributed by atoms with Crippen LogP contribution in [0.1, 0.15) is 53.4 Å². The lowest BCUT2D eigenvalue weighted by molar-refractivity contribution is 0.153. The van der Waals surface area contributed by atoms with Crippen LogP contribution in [-0.4, -0.2) is 62.8 Å². The van der Waals surface area contributed by atoms with E-state index in [1.54, 1.807) is 0 Å². The first-order valence-corrected chi connectivity index (χ1v) is 9.72. The van der Waals surface area contributed by atoms with Crippen molar-refractivity contribution in [2.45, 2.75) is 59.4 Å². The molecule has 6 heteroatoms. The van der Waals surface area contributed by atoms with Crippen LogP contribution in [0.3, 0.4) is 0 Å². The Hall–Kier alpha value is -0.340. The van der Waals surface area contributed by atoms with Crippen LogP contribution < -0.4 is 10.6 Å². The molecule has 0 saturated heterocycles. The minimum atomic E-state index is 0. The third kappa shape index (κ3) is 11.8. The molecule has 1 aliphatic heterocycles. The molecule has 5 nitrogen and oxygen atoms in total. The highest BCUT2D eigenvalue weighted by atomic mass is 127. The molecular formula is C19H39IN4O. The number of guanidine groups is 1. The molecule has 2 N–H and O–H groups in total. The first-order chi connectivity index (χ1) is 11.7. The van der Waals surface area contributed by atoms with Gasteiger partial charge in [0, 0.05) is 19.1 Å². The molecule has 0 amide bonds. The summed E-state index contributed by atoms with van der Waals surface area (Å²) in [5.74, 6) is 0.945. The molecule has 0 bridgehead atoms. The molecule has 0 aliphatic carbocycles. The number of rotatable bonds is 11. The second kappa shape index (κ2) is 15.9. The molecule has 148 valence electrons. The average Bonchev–Trinajstić information content (AvgIpc) is 2.60. The van der Waals surface area contributed by atoms with Crippen molar-refractivity contribution in [3.8, 4) is 0 Å². The molecular weight excluding hydrogens is 427 g/mol. The number of aliphatic imine (C=N–C) groups is 1. The highest BCUT2D eigenvalue weighted by Crippen LogP contribution is 2.11. The zero-order chi connectivity index (χ0) is 17.6. The minimum absolute atomic E-state index is 0. The van der Waals surface area contributed by atoms with E-state index in [4.69, 9.17) is 9.73 Å². The number of hydrogen-bond donors (Lipinski definition) is 2. The highest BCUT2D eigenvalue weighted by molar-refractivity contribution is 14.0. The zero-order valence-electron chi connectivity index (χ0n) is 16.6. The third-order valence-electron chi connectivity index (χ3n) is 4.49. The van der Waals surface area contributed by atoms with E-state index in [-0.39, 0.29) is 24.0 Å². The average molecular weight is 466 g/mol. The Morgan fingerprint density at radius 1 is 1.32 bits per heavy atom. The van der Waals surface area contributed by atoms with Crippen molar-refractivity contribution in [2.75, 3.05) is 45.9 Å². The third-order valence-corrected chi connectivity index (χ3v) is 4.49. The van der Waals surface area contributed by atoms with Crippen molar-refractivity contribution in [1.82, 2.24) is 15.5 Å². The fraction of sp³-hybridized carbons (Fsp3) is 0.842. The quantitative estimate of drug-likeness (QED) is 0.212. The fourth-order valence-corrected chi connectivity index (χ4v) is 2.89. The second-order valence-electron chi connectivity index (χ2n) is 6.41. The van der Waals surface area contributed by atoms with Gasteiger partial charge in [0.2, 0.25) is 0 Å². The van der Waals surface area contributed by atoms with Gasteiger partial charge in [-0.15, -0.1) is 24.0 Å². The molecule has 0 aromatic carbocycles. The molecule has 0 spiro atoms. The SMILES string of the molecule is CCNC(=NCCC1=CCOCC1)NC(C)CCCN(CC)CC.I. The lowest BCUT2D eigenvalue weighted by Gasteiger charge is -2.21. The van der Waals surface area contributed by atoms with Gasteiger partial charge in [0.05, 0.1) is 13.2 Å². The van der Waals surface area contributed by atoms with Crippen LogP contribution in [-0.2, 0) is 4.74 Å². The fourth-order valence-electron chi connectivity index (χ4n) is 2.89. The van der Waals surface area contributed by atoms with Crippen molar-refractivity contribution >= 4 is 29.9 Å². The van der Waals surface area contributed by atoms with Gasteiger partial charge in [-0.2, -0.15) is 0 Å². The Morgan fingerprint density at radius 3 is 2.68 bits per heavy atom. The number of halogens is 1. The first kappa shape index (κ1) is 24.7. The number of hydrogen-bond acceptors (Lipinski definition) is 3. The van der Waals surface area contributed by atoms with Gasteiger partial charge in [-0.3, -0.25) is 4.99 Å². The normalized spacial score (nSPS) is 16.2. The van der Waals surface area contributed by atoms with Gasteiger partial charge in [0.25, 0.3) is 0 Å². The molecule has 0 aromatic heterocycles. The summed E-state index contributed by atoms with van der Waals surface area (Å²) in [6, 6.07) is 0.445. The van der Waals surface area contributed by atoms with Gasteiger partial charge < -0.3 is 20.3 Å². The predicted molar refractivity (Wildman–Crippen MR) is 119 cm³/mol. The van der Waals surface area contributed by atoms with Crippen LogP contribution in [0.4, 0.5) is 0 Å². The van der Waals surface area contributed by atoms with E-state index in [1.807, 2.05) is 0 Å². The van der Waals surface area contributed by atoms with E-state index < -0.39 is 0 Å². The summed E-state index contributed by atoms with van der Waals surface area (Å²) in [5, 5.41) is 6.90. The number of nitrogens with one attached hydrogen (secondary N) is 2. The van der Waals surface area contributed by atoms with Crippen LogP contribution in [0, 0.1) is 0 Å². The molecule has 0 aromatic rings. The van der Waals surface area contributed by atoms with Gasteiger partial charge in [-0.05, 0) is 59.2 Å². The molecule has 0 fully saturated rings. The largest absolute Gasteiger partial charge is 0.377 e. The summed E-state index contributed by atoms with van der Waals surface area (Å²) in [5.41, 5.74) is 1.48. The van der Waals surface area contributed by atoms with Crippen molar-refractivity contribution in [3.05, 3.63) is 11.6 Å². The van der Waals surface area contributed by atoms with Crippen molar-refractivity contribution in [1.29, 1.82) is 0 Å². The Bertz CT molecular complexity index is 384. The summed E-state index contributed by atoms with van der Waals surface area (Å²) >= 11 is 0. The van der Waals surface area contributed by atoms with Gasteiger partial charge in [0.1, 0.15) is 0 Å². The minimum Gasteiger partial charge on any atom is -0.377 e. The van der Waals surface area contributed by atoms with E-state index in [9.17, 15) is 0 Å². The van der Waals surface area contributed by atoms with E-state index in [0.717, 1.165) is 58.2 Å². The summed E-state index contributed by atoms with van der Waals surface area (Å²) in [6.45, 7) is 15.7. The second-order valence-corrected chi connectivity index (χ2v) is 6.41. The smallest absolute Gasteiger partial charge is 0.191 e. The molecule has 1 aliphatic rings. The molecule has 1 heterocycles. The summed E-state index contributed by atoms with van der Waals surface area (Å²) in [4.78, 5) is 7.21. The summed E-state index contributed by atoms with van der Waals surface area (Å²) in [6.07, 6.45) is 6.69. The van der Waals surface area contributed by atoms with Crippen LogP contribution in [0.25, 0.3) is 0 Å². The molecule has 25 heavy (non-hydrogen) atoms. The van der Waals surface area contributed by atoms with Gasteiger partial charge in [-0.25, -0.2) is 0 Å². The van der Waals surface area contributed by atoms with Crippen molar-refractivity contribution in [3.63, 3.8) is 0 Å². The molecule has 0 radical (unpaired) electrons. The topological polar surface area (TPSA) is 48.9 Å². The molecule has 1 rings (SSSR count). The first-order valence-electron chi connectivity index (χ1n) is 9.72. The van der Waals surface area contributed by atoms with E-state index in [2.05, 4.69) is 49.3 Å². The molecule has 1 unspecified atom stereocenters. The lowest BCUT2D eigenvalue weighted by Crippen LogP contribution is -2.42. The standard InChI is InChI=1S/C19H38N4O.HI/c1-5-20-19(21-13-10-18-11-15-24-16-12-18)22-17(4)9-8-14-23(6-2)7-3;/h11,17H,5-10,12-16H2,1-4H3,(H2,20,21,22);1H. The summed E-state index contributed by atoms with van der Waals surface area (Å²) < 4.78 is 5.35. The van der Waals surface area contributed by atoms with Gasteiger partial charge in [0.15, 0.2) is 5.96 Å². The summed E-state index contributed by atoms with van der Waals surface area (Å²) in [7, 11) is 0. The van der Waals surface area contributed by atoms with E-state index in [0.29, 0.717) is 6.04 Å². The van der Waals surface area contributed by atoms with Crippen LogP contribution in [0.2, 0.25) is 0 Å². The Labute approximate surface area is 172 Å². The Balaban J connectivity index is 0.00000576. The Morgan fingerprint density at radius 2 is 2.08 bits per heavy atom. The lowest BCUT2D eigenvalue weighted by atomic mass is 10.1. The Kier molecular flexibility index (Phi) is 15.7. The maximum absolute atomic E-state index is 5.35. The van der Waals surface area contributed by atoms with Crippen molar-refractivity contribution < 1.29 is 4.74 Å². The van der Waals surface area contributed by atoms with Crippen molar-refractivity contribution in [2.24, 2.45) is 4.99 Å². The zero-order valence-corrected chi connectivity index (χ0v) is 19.0. The molecule has 1 atom stereocenters. The van der Waals surface area contributed by atoms with Gasteiger partial charge >= 0.3 is 0 Å². The van der Waals surface area contributed by atoms with Crippen LogP contribution in [0.15, 0.2) is 16.6 Å². The van der Waals surface area contributed by atoms with Crippen LogP contribution in [0.5, 0.6) is 0 Å². The monoisotopic (exact) mass is 466 g/mol. The molecule has 0 saturated carbocycles. The number of nitrogens with zero attached hydrogens (tertiary/aromatic N) is 2. The highest BCUT2D eigenvalue weighted by Gasteiger charge is 2.07. The number of ether oxygens (including phenoxy) is 1. The van der Waals surface area contributed by atoms with Crippen LogP contribution >= 0.6 is 24.0 Å².